The van der Waals surface area contributed by atoms with Crippen molar-refractivity contribution in [1.29, 1.82) is 0 Å². The minimum absolute atomic E-state index is 0. The van der Waals surface area contributed by atoms with Gasteiger partial charge >= 0.3 is 0 Å². The average molecular weight is 188 g/mol. The molecule has 3 heteroatoms. The van der Waals surface area contributed by atoms with Crippen molar-refractivity contribution >= 4 is 12.4 Å². The van der Waals surface area contributed by atoms with Crippen molar-refractivity contribution in [2.45, 2.75) is 5.92 Å². The summed E-state index contributed by atoms with van der Waals surface area (Å²) in [5.74, 6) is 0.455. The highest BCUT2D eigenvalue weighted by Crippen LogP contribution is 2.19. The zero-order chi connectivity index (χ0) is 7.68. The first-order chi connectivity index (χ1) is 5.36. The lowest BCUT2D eigenvalue weighted by atomic mass is 9.94. The minimum atomic E-state index is -0.152. The average Bonchev–Trinajstić information content (AvgIpc) is 1.90. The van der Waals surface area contributed by atoms with Crippen molar-refractivity contribution in [2.75, 3.05) is 13.1 Å². The topological polar surface area (TPSA) is 12.0 Å². The third kappa shape index (κ3) is 1.76. The maximum atomic E-state index is 12.5. The van der Waals surface area contributed by atoms with Gasteiger partial charge in [-0.1, -0.05) is 12.1 Å². The lowest BCUT2D eigenvalue weighted by Crippen LogP contribution is -2.39. The Hall–Kier alpha value is -0.600. The molecular weight excluding hydrogens is 177 g/mol. The summed E-state index contributed by atoms with van der Waals surface area (Å²) in [6, 6.07) is 6.77. The van der Waals surface area contributed by atoms with Gasteiger partial charge in [0.15, 0.2) is 0 Å². The van der Waals surface area contributed by atoms with E-state index >= 15 is 0 Å². The van der Waals surface area contributed by atoms with Crippen LogP contribution in [0.5, 0.6) is 0 Å². The molecule has 12 heavy (non-hydrogen) atoms. The molecule has 0 atom stereocenters. The number of hydrogen-bond donors (Lipinski definition) is 1. The Morgan fingerprint density at radius 3 is 2.17 bits per heavy atom. The Kier molecular flexibility index (Phi) is 3.06. The molecule has 1 aliphatic rings. The maximum Gasteiger partial charge on any atom is 0.123 e. The number of benzene rings is 1. The highest BCUT2D eigenvalue weighted by Gasteiger charge is 2.17. The van der Waals surface area contributed by atoms with Crippen LogP contribution in [0, 0.1) is 5.82 Å². The highest BCUT2D eigenvalue weighted by molar-refractivity contribution is 5.85. The Labute approximate surface area is 77.4 Å². The summed E-state index contributed by atoms with van der Waals surface area (Å²) in [7, 11) is 0. The molecule has 2 rings (SSSR count). The second kappa shape index (κ2) is 3.87. The molecule has 1 saturated heterocycles. The predicted octanol–water partition coefficient (Wildman–Crippen LogP) is 1.93. The summed E-state index contributed by atoms with van der Waals surface area (Å²) < 4.78 is 12.5. The summed E-state index contributed by atoms with van der Waals surface area (Å²) in [5.41, 5.74) is 1.24. The highest BCUT2D eigenvalue weighted by atomic mass is 35.5. The molecule has 0 unspecified atom stereocenters. The van der Waals surface area contributed by atoms with E-state index in [2.05, 4.69) is 5.32 Å². The largest absolute Gasteiger partial charge is 0.315 e. The number of halogens is 2. The van der Waals surface area contributed by atoms with E-state index in [0.29, 0.717) is 5.92 Å². The van der Waals surface area contributed by atoms with E-state index in [4.69, 9.17) is 0 Å². The molecule has 1 heterocycles. The van der Waals surface area contributed by atoms with E-state index in [1.165, 1.54) is 17.7 Å². The van der Waals surface area contributed by atoms with Crippen LogP contribution in [0.15, 0.2) is 24.3 Å². The quantitative estimate of drug-likeness (QED) is 0.709. The van der Waals surface area contributed by atoms with Gasteiger partial charge in [0.05, 0.1) is 0 Å². The summed E-state index contributed by atoms with van der Waals surface area (Å²) in [6.07, 6.45) is 0. The van der Waals surface area contributed by atoms with Crippen molar-refractivity contribution in [1.82, 2.24) is 5.32 Å². The lowest BCUT2D eigenvalue weighted by Gasteiger charge is -2.27. The Morgan fingerprint density at radius 2 is 1.75 bits per heavy atom. The van der Waals surface area contributed by atoms with Gasteiger partial charge in [0.1, 0.15) is 5.82 Å². The van der Waals surface area contributed by atoms with E-state index in [1.54, 1.807) is 0 Å². The standard InChI is InChI=1S/C9H10FN.ClH/c10-9-3-1-7(2-4-9)8-5-11-6-8;/h1-4,8,11H,5-6H2;1H. The molecule has 1 aromatic carbocycles. The second-order valence-electron chi connectivity index (χ2n) is 2.91. The van der Waals surface area contributed by atoms with E-state index in [1.807, 2.05) is 12.1 Å². The van der Waals surface area contributed by atoms with Crippen molar-refractivity contribution in [3.63, 3.8) is 0 Å². The van der Waals surface area contributed by atoms with Gasteiger partial charge < -0.3 is 5.32 Å². The number of hydrogen-bond acceptors (Lipinski definition) is 1. The van der Waals surface area contributed by atoms with Gasteiger partial charge in [0, 0.05) is 19.0 Å². The van der Waals surface area contributed by atoms with Gasteiger partial charge in [0.2, 0.25) is 0 Å². The fraction of sp³-hybridized carbons (Fsp3) is 0.333. The van der Waals surface area contributed by atoms with E-state index in [0.717, 1.165) is 13.1 Å². The number of rotatable bonds is 1. The Bertz CT molecular complexity index is 243. The van der Waals surface area contributed by atoms with Gasteiger partial charge in [-0.15, -0.1) is 12.4 Å². The fourth-order valence-corrected chi connectivity index (χ4v) is 1.26. The molecule has 1 aromatic rings. The lowest BCUT2D eigenvalue weighted by molar-refractivity contribution is 0.448. The summed E-state index contributed by atoms with van der Waals surface area (Å²) >= 11 is 0. The molecular formula is C9H11ClFN. The van der Waals surface area contributed by atoms with Gasteiger partial charge in [0.25, 0.3) is 0 Å². The van der Waals surface area contributed by atoms with Crippen LogP contribution in [0.25, 0.3) is 0 Å². The van der Waals surface area contributed by atoms with Gasteiger partial charge in [-0.3, -0.25) is 0 Å². The van der Waals surface area contributed by atoms with Crippen LogP contribution in [0.4, 0.5) is 4.39 Å². The van der Waals surface area contributed by atoms with Crippen LogP contribution in [-0.2, 0) is 0 Å². The smallest absolute Gasteiger partial charge is 0.123 e. The zero-order valence-electron chi connectivity index (χ0n) is 6.59. The molecule has 0 saturated carbocycles. The first-order valence-electron chi connectivity index (χ1n) is 3.82. The van der Waals surface area contributed by atoms with E-state index in [-0.39, 0.29) is 18.2 Å². The third-order valence-corrected chi connectivity index (χ3v) is 2.12. The van der Waals surface area contributed by atoms with Gasteiger partial charge in [-0.2, -0.15) is 0 Å². The van der Waals surface area contributed by atoms with Gasteiger partial charge in [-0.05, 0) is 17.7 Å². The van der Waals surface area contributed by atoms with E-state index < -0.39 is 0 Å². The molecule has 0 radical (unpaired) electrons. The van der Waals surface area contributed by atoms with E-state index in [9.17, 15) is 4.39 Å². The second-order valence-corrected chi connectivity index (χ2v) is 2.91. The summed E-state index contributed by atoms with van der Waals surface area (Å²) in [4.78, 5) is 0. The van der Waals surface area contributed by atoms with Crippen molar-refractivity contribution in [3.8, 4) is 0 Å². The van der Waals surface area contributed by atoms with Crippen LogP contribution in [0.1, 0.15) is 11.5 Å². The van der Waals surface area contributed by atoms with Crippen molar-refractivity contribution in [3.05, 3.63) is 35.6 Å². The van der Waals surface area contributed by atoms with Crippen molar-refractivity contribution < 1.29 is 4.39 Å². The maximum absolute atomic E-state index is 12.5. The SMILES string of the molecule is Cl.Fc1ccc(C2CNC2)cc1. The molecule has 0 bridgehead atoms. The molecule has 0 spiro atoms. The molecule has 1 nitrogen and oxygen atoms in total. The van der Waals surface area contributed by atoms with Crippen molar-refractivity contribution in [2.24, 2.45) is 0 Å². The molecule has 0 aliphatic carbocycles. The van der Waals surface area contributed by atoms with Crippen LogP contribution in [0.2, 0.25) is 0 Å². The van der Waals surface area contributed by atoms with Crippen LogP contribution < -0.4 is 5.32 Å². The minimum Gasteiger partial charge on any atom is -0.315 e. The summed E-state index contributed by atoms with van der Waals surface area (Å²) in [5, 5.41) is 3.18. The predicted molar refractivity (Wildman–Crippen MR) is 49.3 cm³/mol. The monoisotopic (exact) mass is 187 g/mol. The first-order valence-corrected chi connectivity index (χ1v) is 3.82. The Morgan fingerprint density at radius 1 is 1.17 bits per heavy atom. The third-order valence-electron chi connectivity index (χ3n) is 2.12. The molecule has 1 fully saturated rings. The van der Waals surface area contributed by atoms with Crippen LogP contribution in [-0.4, -0.2) is 13.1 Å². The Balaban J connectivity index is 0.000000720. The summed E-state index contributed by atoms with van der Waals surface area (Å²) in [6.45, 7) is 2.07. The van der Waals surface area contributed by atoms with Crippen LogP contribution in [0.3, 0.4) is 0 Å². The first kappa shape index (κ1) is 9.49. The normalized spacial score (nSPS) is 16.4. The van der Waals surface area contributed by atoms with Gasteiger partial charge in [-0.25, -0.2) is 4.39 Å². The molecule has 0 amide bonds. The molecule has 66 valence electrons. The molecule has 1 N–H and O–H groups in total. The zero-order valence-corrected chi connectivity index (χ0v) is 7.40. The number of nitrogens with one attached hydrogen (secondary N) is 1. The fourth-order valence-electron chi connectivity index (χ4n) is 1.26. The van der Waals surface area contributed by atoms with Crippen LogP contribution >= 0.6 is 12.4 Å². The molecule has 0 aromatic heterocycles. The molecule has 1 aliphatic heterocycles.